The molecule has 0 saturated carbocycles. The van der Waals surface area contributed by atoms with E-state index in [2.05, 4.69) is 5.32 Å². The van der Waals surface area contributed by atoms with Crippen molar-refractivity contribution in [3.05, 3.63) is 71.3 Å². The molecule has 1 amide bonds. The minimum Gasteiger partial charge on any atom is -0.347 e. The van der Waals surface area contributed by atoms with Gasteiger partial charge in [-0.05, 0) is 30.2 Å². The van der Waals surface area contributed by atoms with Gasteiger partial charge in [0.05, 0.1) is 17.0 Å². The van der Waals surface area contributed by atoms with Crippen molar-refractivity contribution >= 4 is 5.91 Å². The fraction of sp³-hybridized carbons (Fsp3) is 0.235. The normalized spacial score (nSPS) is 24.5. The Balaban J connectivity index is 1.94. The second kappa shape index (κ2) is 4.87. The van der Waals surface area contributed by atoms with Crippen molar-refractivity contribution in [3.63, 3.8) is 0 Å². The van der Waals surface area contributed by atoms with Gasteiger partial charge >= 0.3 is 6.18 Å². The summed E-state index contributed by atoms with van der Waals surface area (Å²) in [6.45, 7) is 1.81. The number of carbonyl (C=O) groups excluding carboxylic acids is 1. The maximum atomic E-state index is 12.6. The third kappa shape index (κ3) is 2.17. The van der Waals surface area contributed by atoms with Crippen molar-refractivity contribution in [3.8, 4) is 0 Å². The molecular formula is C17H14F3NO. The van der Waals surface area contributed by atoms with E-state index in [4.69, 9.17) is 0 Å². The summed E-state index contributed by atoms with van der Waals surface area (Å²) in [5.74, 6) is -0.122. The van der Waals surface area contributed by atoms with E-state index in [1.165, 1.54) is 12.1 Å². The van der Waals surface area contributed by atoms with Crippen LogP contribution in [0.3, 0.4) is 0 Å². The fourth-order valence-electron chi connectivity index (χ4n) is 2.84. The molecule has 0 aromatic heterocycles. The van der Waals surface area contributed by atoms with Crippen LogP contribution in [0.1, 0.15) is 29.7 Å². The van der Waals surface area contributed by atoms with Gasteiger partial charge in [-0.2, -0.15) is 13.2 Å². The van der Waals surface area contributed by atoms with Gasteiger partial charge in [-0.3, -0.25) is 4.79 Å². The number of amides is 1. The van der Waals surface area contributed by atoms with Gasteiger partial charge in [-0.25, -0.2) is 0 Å². The maximum absolute atomic E-state index is 12.6. The molecule has 1 aliphatic rings. The van der Waals surface area contributed by atoms with Crippen molar-refractivity contribution in [1.82, 2.24) is 5.32 Å². The number of hydrogen-bond acceptors (Lipinski definition) is 1. The number of carbonyl (C=O) groups is 1. The predicted molar refractivity (Wildman–Crippen MR) is 76.1 cm³/mol. The lowest BCUT2D eigenvalue weighted by Gasteiger charge is -2.47. The zero-order chi connectivity index (χ0) is 16.0. The van der Waals surface area contributed by atoms with E-state index in [1.54, 1.807) is 0 Å². The number of β-lactam (4-membered cyclic amide) rings is 1. The van der Waals surface area contributed by atoms with Crippen LogP contribution in [0.4, 0.5) is 13.2 Å². The topological polar surface area (TPSA) is 29.1 Å². The van der Waals surface area contributed by atoms with E-state index in [-0.39, 0.29) is 11.9 Å². The summed E-state index contributed by atoms with van der Waals surface area (Å²) in [7, 11) is 0. The van der Waals surface area contributed by atoms with Crippen molar-refractivity contribution < 1.29 is 18.0 Å². The Morgan fingerprint density at radius 2 is 1.59 bits per heavy atom. The zero-order valence-corrected chi connectivity index (χ0v) is 11.8. The van der Waals surface area contributed by atoms with Crippen LogP contribution < -0.4 is 5.32 Å². The summed E-state index contributed by atoms with van der Waals surface area (Å²) in [6.07, 6.45) is -4.36. The van der Waals surface area contributed by atoms with Gasteiger partial charge in [-0.1, -0.05) is 42.5 Å². The van der Waals surface area contributed by atoms with E-state index < -0.39 is 17.2 Å². The van der Waals surface area contributed by atoms with Gasteiger partial charge in [0.1, 0.15) is 0 Å². The fourth-order valence-corrected chi connectivity index (χ4v) is 2.84. The van der Waals surface area contributed by atoms with Gasteiger partial charge in [0.15, 0.2) is 0 Å². The van der Waals surface area contributed by atoms with Crippen LogP contribution in [0.15, 0.2) is 54.6 Å². The van der Waals surface area contributed by atoms with Crippen molar-refractivity contribution in [2.24, 2.45) is 0 Å². The molecule has 22 heavy (non-hydrogen) atoms. The first-order valence-electron chi connectivity index (χ1n) is 6.87. The first-order valence-corrected chi connectivity index (χ1v) is 6.87. The zero-order valence-electron chi connectivity index (χ0n) is 11.8. The number of rotatable bonds is 2. The molecule has 1 aliphatic heterocycles. The van der Waals surface area contributed by atoms with E-state index in [0.717, 1.165) is 17.7 Å². The monoisotopic (exact) mass is 305 g/mol. The molecule has 114 valence electrons. The number of nitrogens with one attached hydrogen (secondary N) is 1. The number of hydrogen-bond donors (Lipinski definition) is 1. The van der Waals surface area contributed by atoms with Crippen LogP contribution in [-0.2, 0) is 16.4 Å². The largest absolute Gasteiger partial charge is 0.416 e. The molecule has 1 saturated heterocycles. The summed E-state index contributed by atoms with van der Waals surface area (Å²) >= 11 is 0. The summed E-state index contributed by atoms with van der Waals surface area (Å²) in [5, 5.41) is 2.79. The van der Waals surface area contributed by atoms with E-state index in [1.807, 2.05) is 37.3 Å². The summed E-state index contributed by atoms with van der Waals surface area (Å²) in [6, 6.07) is 13.9. The standard InChI is InChI=1S/C17H14F3NO/c1-16(12-5-3-2-4-6-12)14(21-15(16)22)11-7-9-13(10-8-11)17(18,19)20/h2-10,14H,1H3,(H,21,22)/t14-,16-/m1/s1. The first-order chi connectivity index (χ1) is 10.3. The Hall–Kier alpha value is -2.30. The van der Waals surface area contributed by atoms with Gasteiger partial charge in [0.2, 0.25) is 5.91 Å². The SMILES string of the molecule is C[C@]1(c2ccccc2)C(=O)N[C@@H]1c1ccc(C(F)(F)F)cc1. The maximum Gasteiger partial charge on any atom is 0.416 e. The molecule has 3 rings (SSSR count). The lowest BCUT2D eigenvalue weighted by Crippen LogP contribution is -2.62. The van der Waals surface area contributed by atoms with Gasteiger partial charge < -0.3 is 5.32 Å². The minimum absolute atomic E-state index is 0.122. The molecule has 1 N–H and O–H groups in total. The highest BCUT2D eigenvalue weighted by molar-refractivity contribution is 5.95. The molecular weight excluding hydrogens is 291 g/mol. The van der Waals surface area contributed by atoms with Gasteiger partial charge in [-0.15, -0.1) is 0 Å². The molecule has 2 aromatic carbocycles. The lowest BCUT2D eigenvalue weighted by atomic mass is 9.67. The third-order valence-electron chi connectivity index (χ3n) is 4.27. The Morgan fingerprint density at radius 3 is 2.09 bits per heavy atom. The molecule has 0 unspecified atom stereocenters. The Labute approximate surface area is 126 Å². The molecule has 0 bridgehead atoms. The smallest absolute Gasteiger partial charge is 0.347 e. The van der Waals surface area contributed by atoms with Crippen molar-refractivity contribution in [2.75, 3.05) is 0 Å². The number of benzene rings is 2. The lowest BCUT2D eigenvalue weighted by molar-refractivity contribution is -0.138. The molecule has 1 heterocycles. The van der Waals surface area contributed by atoms with Gasteiger partial charge in [0.25, 0.3) is 0 Å². The first kappa shape index (κ1) is 14.6. The third-order valence-corrected chi connectivity index (χ3v) is 4.27. The molecule has 0 radical (unpaired) electrons. The molecule has 2 aromatic rings. The van der Waals surface area contributed by atoms with E-state index in [9.17, 15) is 18.0 Å². The van der Waals surface area contributed by atoms with Crippen LogP contribution in [-0.4, -0.2) is 5.91 Å². The summed E-state index contributed by atoms with van der Waals surface area (Å²) in [4.78, 5) is 12.1. The minimum atomic E-state index is -4.36. The quantitative estimate of drug-likeness (QED) is 0.839. The average Bonchev–Trinajstić information content (AvgIpc) is 2.52. The Bertz CT molecular complexity index is 694. The van der Waals surface area contributed by atoms with Crippen LogP contribution in [0.2, 0.25) is 0 Å². The summed E-state index contributed by atoms with van der Waals surface area (Å²) < 4.78 is 37.9. The average molecular weight is 305 g/mol. The molecule has 0 spiro atoms. The van der Waals surface area contributed by atoms with Crippen LogP contribution in [0.25, 0.3) is 0 Å². The molecule has 5 heteroatoms. The van der Waals surface area contributed by atoms with Crippen LogP contribution in [0, 0.1) is 0 Å². The second-order valence-electron chi connectivity index (χ2n) is 5.59. The molecule has 2 atom stereocenters. The number of alkyl halides is 3. The number of halogens is 3. The van der Waals surface area contributed by atoms with Gasteiger partial charge in [0, 0.05) is 0 Å². The predicted octanol–water partition coefficient (Wildman–Crippen LogP) is 3.83. The highest BCUT2D eigenvalue weighted by Gasteiger charge is 2.53. The van der Waals surface area contributed by atoms with Crippen molar-refractivity contribution in [1.29, 1.82) is 0 Å². The van der Waals surface area contributed by atoms with Crippen LogP contribution in [0.5, 0.6) is 0 Å². The second-order valence-corrected chi connectivity index (χ2v) is 5.59. The summed E-state index contributed by atoms with van der Waals surface area (Å²) in [5.41, 5.74) is 0.0620. The highest BCUT2D eigenvalue weighted by atomic mass is 19.4. The Morgan fingerprint density at radius 1 is 1.00 bits per heavy atom. The molecule has 0 aliphatic carbocycles. The molecule has 2 nitrogen and oxygen atoms in total. The van der Waals surface area contributed by atoms with E-state index in [0.29, 0.717) is 5.56 Å². The van der Waals surface area contributed by atoms with E-state index >= 15 is 0 Å². The molecule has 1 fully saturated rings. The van der Waals surface area contributed by atoms with Crippen molar-refractivity contribution in [2.45, 2.75) is 24.6 Å². The van der Waals surface area contributed by atoms with Crippen LogP contribution >= 0.6 is 0 Å². The Kier molecular flexibility index (Phi) is 3.24. The highest BCUT2D eigenvalue weighted by Crippen LogP contribution is 2.44.